The highest BCUT2D eigenvalue weighted by molar-refractivity contribution is 5.71. The van der Waals surface area contributed by atoms with E-state index in [9.17, 15) is 36.2 Å². The molecule has 4 rings (SSSR count). The van der Waals surface area contributed by atoms with Crippen LogP contribution in [0, 0.1) is 17.8 Å². The Labute approximate surface area is 204 Å². The maximum atomic E-state index is 13.3. The summed E-state index contributed by atoms with van der Waals surface area (Å²) in [5.74, 6) is -0.519. The smallest absolute Gasteiger partial charge is 0.416 e. The van der Waals surface area contributed by atoms with Crippen molar-refractivity contribution >= 4 is 5.97 Å². The minimum Gasteiger partial charge on any atom is -0.493 e. The number of rotatable bonds is 9. The van der Waals surface area contributed by atoms with Gasteiger partial charge in [0.15, 0.2) is 0 Å². The number of hydrogen-bond donors (Lipinski definition) is 1. The highest BCUT2D eigenvalue weighted by Crippen LogP contribution is 2.47. The molecule has 36 heavy (non-hydrogen) atoms. The predicted octanol–water partition coefficient (Wildman–Crippen LogP) is 6.45. The predicted molar refractivity (Wildman–Crippen MR) is 119 cm³/mol. The fourth-order valence-electron chi connectivity index (χ4n) is 4.93. The van der Waals surface area contributed by atoms with Gasteiger partial charge in [0.05, 0.1) is 23.7 Å². The first-order chi connectivity index (χ1) is 16.8. The van der Waals surface area contributed by atoms with E-state index in [2.05, 4.69) is 0 Å². The molecule has 1 N–H and O–H groups in total. The molecule has 2 aromatic carbocycles. The summed E-state index contributed by atoms with van der Waals surface area (Å²) in [6.07, 6.45) is -7.48. The lowest BCUT2D eigenvalue weighted by Crippen LogP contribution is -2.48. The van der Waals surface area contributed by atoms with Crippen LogP contribution in [0.4, 0.5) is 26.3 Å². The molecular formula is C26H27F6NO3. The van der Waals surface area contributed by atoms with Crippen LogP contribution in [-0.4, -0.2) is 35.7 Å². The third kappa shape index (κ3) is 6.14. The number of carbonyl (C=O) groups is 1. The van der Waals surface area contributed by atoms with Gasteiger partial charge in [-0.2, -0.15) is 26.3 Å². The Morgan fingerprint density at radius 3 is 2.33 bits per heavy atom. The zero-order valence-corrected chi connectivity index (χ0v) is 19.6. The fourth-order valence-corrected chi connectivity index (χ4v) is 4.93. The van der Waals surface area contributed by atoms with Gasteiger partial charge >= 0.3 is 18.3 Å². The van der Waals surface area contributed by atoms with Gasteiger partial charge in [0.1, 0.15) is 5.75 Å². The van der Waals surface area contributed by atoms with Crippen LogP contribution < -0.4 is 4.74 Å². The lowest BCUT2D eigenvalue weighted by atomic mass is 9.83. The molecule has 2 aliphatic rings. The molecule has 0 aromatic heterocycles. The Bertz CT molecular complexity index is 1090. The van der Waals surface area contributed by atoms with Crippen LogP contribution in [-0.2, 0) is 23.7 Å². The van der Waals surface area contributed by atoms with Gasteiger partial charge in [0.2, 0.25) is 0 Å². The highest BCUT2D eigenvalue weighted by atomic mass is 19.4. The van der Waals surface area contributed by atoms with E-state index in [0.29, 0.717) is 49.6 Å². The van der Waals surface area contributed by atoms with Crippen molar-refractivity contribution in [1.29, 1.82) is 0 Å². The summed E-state index contributed by atoms with van der Waals surface area (Å²) in [6, 6.07) is 8.85. The van der Waals surface area contributed by atoms with Crippen molar-refractivity contribution < 1.29 is 41.0 Å². The Morgan fingerprint density at radius 1 is 1.06 bits per heavy atom. The maximum Gasteiger partial charge on any atom is 0.416 e. The molecule has 1 unspecified atom stereocenters. The zero-order chi connectivity index (χ0) is 26.3. The molecule has 1 aliphatic heterocycles. The van der Waals surface area contributed by atoms with E-state index in [1.54, 1.807) is 17.9 Å². The summed E-state index contributed by atoms with van der Waals surface area (Å²) < 4.78 is 84.9. The van der Waals surface area contributed by atoms with Crippen molar-refractivity contribution in [1.82, 2.24) is 4.90 Å². The number of aliphatic carboxylic acids is 1. The summed E-state index contributed by atoms with van der Waals surface area (Å²) in [6.45, 7) is 2.57. The van der Waals surface area contributed by atoms with Gasteiger partial charge in [-0.3, -0.25) is 9.69 Å². The number of halogens is 6. The first-order valence-corrected chi connectivity index (χ1v) is 11.8. The van der Waals surface area contributed by atoms with Crippen LogP contribution in [0.5, 0.6) is 5.75 Å². The standard InChI is InChI=1S/C26H27F6NO3/c1-15(24(34)35)23(17-5-6-17)18-3-2-4-21(10-18)36-14-16-11-33(12-16)13-19-9-20(25(27,28)29)7-8-22(19)26(30,31)32/h2-4,7-10,15-17,23H,5-6,11-14H2,1H3,(H,34,35)/t15-,23?/m0/s1. The number of ether oxygens (including phenoxy) is 1. The maximum absolute atomic E-state index is 13.3. The lowest BCUT2D eigenvalue weighted by molar-refractivity contribution is -0.142. The number of nitrogens with zero attached hydrogens (tertiary/aromatic N) is 1. The van der Waals surface area contributed by atoms with E-state index in [1.807, 2.05) is 18.2 Å². The number of carboxylic acids is 1. The second-order valence-electron chi connectivity index (χ2n) is 9.80. The Hall–Kier alpha value is -2.75. The Kier molecular flexibility index (Phi) is 7.28. The van der Waals surface area contributed by atoms with E-state index < -0.39 is 40.9 Å². The largest absolute Gasteiger partial charge is 0.493 e. The average Bonchev–Trinajstić information content (AvgIpc) is 3.59. The number of benzene rings is 2. The van der Waals surface area contributed by atoms with E-state index in [-0.39, 0.29) is 18.4 Å². The molecule has 4 nitrogen and oxygen atoms in total. The molecule has 10 heteroatoms. The van der Waals surface area contributed by atoms with Crippen molar-refractivity contribution in [3.8, 4) is 5.75 Å². The molecule has 1 heterocycles. The molecule has 0 radical (unpaired) electrons. The first kappa shape index (κ1) is 26.3. The highest BCUT2D eigenvalue weighted by Gasteiger charge is 2.40. The quantitative estimate of drug-likeness (QED) is 0.390. The minimum absolute atomic E-state index is 0.0194. The number of likely N-dealkylation sites (tertiary alicyclic amines) is 1. The van der Waals surface area contributed by atoms with Gasteiger partial charge in [-0.05, 0) is 66.1 Å². The van der Waals surface area contributed by atoms with Crippen molar-refractivity contribution in [3.63, 3.8) is 0 Å². The van der Waals surface area contributed by atoms with Gasteiger partial charge in [-0.25, -0.2) is 0 Å². The summed E-state index contributed by atoms with van der Waals surface area (Å²) in [7, 11) is 0. The van der Waals surface area contributed by atoms with Crippen molar-refractivity contribution in [2.75, 3.05) is 19.7 Å². The molecule has 2 aromatic rings. The third-order valence-electron chi connectivity index (χ3n) is 6.95. The molecule has 1 aliphatic carbocycles. The topological polar surface area (TPSA) is 49.8 Å². The van der Waals surface area contributed by atoms with Gasteiger partial charge in [0.25, 0.3) is 0 Å². The first-order valence-electron chi connectivity index (χ1n) is 11.8. The van der Waals surface area contributed by atoms with Gasteiger partial charge in [-0.1, -0.05) is 19.1 Å². The average molecular weight is 515 g/mol. The van der Waals surface area contributed by atoms with Gasteiger partial charge in [-0.15, -0.1) is 0 Å². The van der Waals surface area contributed by atoms with Crippen LogP contribution in [0.1, 0.15) is 47.9 Å². The van der Waals surface area contributed by atoms with E-state index >= 15 is 0 Å². The molecule has 2 fully saturated rings. The lowest BCUT2D eigenvalue weighted by Gasteiger charge is -2.39. The second kappa shape index (κ2) is 9.95. The summed E-state index contributed by atoms with van der Waals surface area (Å²) in [5.41, 5.74) is -1.66. The molecule has 196 valence electrons. The molecule has 1 saturated heterocycles. The summed E-state index contributed by atoms with van der Waals surface area (Å²) in [5, 5.41) is 9.47. The minimum atomic E-state index is -4.74. The van der Waals surface area contributed by atoms with Crippen LogP contribution >= 0.6 is 0 Å². The number of carboxylic acid groups (broad SMARTS) is 1. The molecule has 0 bridgehead atoms. The summed E-state index contributed by atoms with van der Waals surface area (Å²) >= 11 is 0. The fraction of sp³-hybridized carbons (Fsp3) is 0.500. The number of hydrogen-bond acceptors (Lipinski definition) is 3. The van der Waals surface area contributed by atoms with Crippen LogP contribution in [0.25, 0.3) is 0 Å². The Balaban J connectivity index is 1.35. The molecule has 0 spiro atoms. The van der Waals surface area contributed by atoms with Gasteiger partial charge < -0.3 is 9.84 Å². The van der Waals surface area contributed by atoms with Crippen molar-refractivity contribution in [3.05, 3.63) is 64.7 Å². The van der Waals surface area contributed by atoms with Crippen LogP contribution in [0.2, 0.25) is 0 Å². The van der Waals surface area contributed by atoms with Crippen molar-refractivity contribution in [2.45, 2.75) is 44.6 Å². The molecule has 0 amide bonds. The monoisotopic (exact) mass is 515 g/mol. The van der Waals surface area contributed by atoms with E-state index in [0.717, 1.165) is 18.4 Å². The van der Waals surface area contributed by atoms with Crippen molar-refractivity contribution in [2.24, 2.45) is 17.8 Å². The second-order valence-corrected chi connectivity index (χ2v) is 9.80. The molecule has 2 atom stereocenters. The van der Waals surface area contributed by atoms with Crippen LogP contribution in [0.3, 0.4) is 0 Å². The Morgan fingerprint density at radius 2 is 1.75 bits per heavy atom. The zero-order valence-electron chi connectivity index (χ0n) is 19.6. The number of alkyl halides is 6. The third-order valence-corrected chi connectivity index (χ3v) is 6.95. The SMILES string of the molecule is C[C@H](C(=O)O)C(c1cccc(OCC2CN(Cc3cc(C(F)(F)F)ccc3C(F)(F)F)C2)c1)C1CC1. The molecule has 1 saturated carbocycles. The van der Waals surface area contributed by atoms with Gasteiger partial charge in [0, 0.05) is 25.6 Å². The normalized spacial score (nSPS) is 19.0. The van der Waals surface area contributed by atoms with Crippen LogP contribution in [0.15, 0.2) is 42.5 Å². The summed E-state index contributed by atoms with van der Waals surface area (Å²) in [4.78, 5) is 13.2. The van der Waals surface area contributed by atoms with E-state index in [4.69, 9.17) is 4.74 Å². The van der Waals surface area contributed by atoms with E-state index in [1.165, 1.54) is 0 Å². The molecular weight excluding hydrogens is 488 g/mol.